The zero-order valence-electron chi connectivity index (χ0n) is 17.5. The number of carbonyl (C=O) groups is 2. The van der Waals surface area contributed by atoms with Crippen LogP contribution < -0.4 is 10.1 Å². The zero-order chi connectivity index (χ0) is 21.4. The van der Waals surface area contributed by atoms with Crippen LogP contribution in [0.15, 0.2) is 46.9 Å². The van der Waals surface area contributed by atoms with Gasteiger partial charge in [-0.3, -0.25) is 9.59 Å². The molecule has 0 saturated heterocycles. The van der Waals surface area contributed by atoms with Gasteiger partial charge >= 0.3 is 0 Å². The molecule has 0 heterocycles. The van der Waals surface area contributed by atoms with Gasteiger partial charge in [0.15, 0.2) is 6.61 Å². The van der Waals surface area contributed by atoms with E-state index in [0.717, 1.165) is 27.6 Å². The number of ether oxygens (including phenoxy) is 1. The van der Waals surface area contributed by atoms with Crippen molar-refractivity contribution in [1.82, 2.24) is 10.2 Å². The van der Waals surface area contributed by atoms with Crippen LogP contribution in [0.25, 0.3) is 0 Å². The third-order valence-corrected chi connectivity index (χ3v) is 5.94. The van der Waals surface area contributed by atoms with Gasteiger partial charge in [0.1, 0.15) is 11.8 Å². The lowest BCUT2D eigenvalue weighted by molar-refractivity contribution is -0.142. The molecule has 0 fully saturated rings. The molecule has 0 saturated carbocycles. The summed E-state index contributed by atoms with van der Waals surface area (Å²) < 4.78 is 6.80. The quantitative estimate of drug-likeness (QED) is 0.603. The molecule has 0 unspecified atom stereocenters. The number of halogens is 1. The molecular formula is C23H29BrN2O3. The first-order valence-corrected chi connectivity index (χ1v) is 10.6. The van der Waals surface area contributed by atoms with Crippen molar-refractivity contribution >= 4 is 27.7 Å². The summed E-state index contributed by atoms with van der Waals surface area (Å²) in [5.74, 6) is 0.247. The van der Waals surface area contributed by atoms with Crippen molar-refractivity contribution in [2.24, 2.45) is 0 Å². The molecule has 6 heteroatoms. The highest BCUT2D eigenvalue weighted by Crippen LogP contribution is 2.26. The molecule has 2 amide bonds. The van der Waals surface area contributed by atoms with Gasteiger partial charge in [0.05, 0.1) is 0 Å². The number of carbonyl (C=O) groups excluding carboxylic acids is 2. The van der Waals surface area contributed by atoms with E-state index in [-0.39, 0.29) is 18.4 Å². The number of amides is 2. The molecule has 29 heavy (non-hydrogen) atoms. The monoisotopic (exact) mass is 460 g/mol. The number of nitrogens with one attached hydrogen (secondary N) is 1. The Morgan fingerprint density at radius 1 is 1.14 bits per heavy atom. The Hall–Kier alpha value is -2.34. The zero-order valence-corrected chi connectivity index (χ0v) is 19.1. The van der Waals surface area contributed by atoms with Crippen LogP contribution in [0.3, 0.4) is 0 Å². The highest BCUT2D eigenvalue weighted by Gasteiger charge is 2.26. The molecule has 156 valence electrons. The smallest absolute Gasteiger partial charge is 0.261 e. The fraction of sp³-hybridized carbons (Fsp3) is 0.391. The van der Waals surface area contributed by atoms with Crippen molar-refractivity contribution in [2.45, 2.75) is 46.7 Å². The van der Waals surface area contributed by atoms with Crippen LogP contribution >= 0.6 is 15.9 Å². The number of hydrogen-bond acceptors (Lipinski definition) is 3. The Labute approximate surface area is 181 Å². The molecular weight excluding hydrogens is 432 g/mol. The molecule has 0 bridgehead atoms. The number of benzene rings is 2. The van der Waals surface area contributed by atoms with E-state index in [4.69, 9.17) is 4.74 Å². The van der Waals surface area contributed by atoms with E-state index in [2.05, 4.69) is 21.2 Å². The lowest BCUT2D eigenvalue weighted by atomic mass is 10.1. The molecule has 5 nitrogen and oxygen atoms in total. The average molecular weight is 461 g/mol. The maximum Gasteiger partial charge on any atom is 0.261 e. The van der Waals surface area contributed by atoms with Crippen LogP contribution in [-0.4, -0.2) is 35.9 Å². The maximum absolute atomic E-state index is 13.0. The fourth-order valence-electron chi connectivity index (χ4n) is 2.98. The van der Waals surface area contributed by atoms with Crippen LogP contribution in [0.5, 0.6) is 5.75 Å². The SMILES string of the molecule is CCCNC(=O)[C@@H](C)N(Cc1ccccc1)C(=O)COc1cc(C)c(Br)c(C)c1. The predicted molar refractivity (Wildman–Crippen MR) is 119 cm³/mol. The van der Waals surface area contributed by atoms with E-state index in [1.807, 2.05) is 63.2 Å². The second-order valence-corrected chi connectivity index (χ2v) is 7.93. The van der Waals surface area contributed by atoms with E-state index < -0.39 is 6.04 Å². The van der Waals surface area contributed by atoms with Crippen LogP contribution in [0.1, 0.15) is 37.0 Å². The van der Waals surface area contributed by atoms with Gasteiger partial charge in [0.2, 0.25) is 5.91 Å². The summed E-state index contributed by atoms with van der Waals surface area (Å²) in [7, 11) is 0. The average Bonchev–Trinajstić information content (AvgIpc) is 2.72. The van der Waals surface area contributed by atoms with Gasteiger partial charge in [-0.15, -0.1) is 0 Å². The third kappa shape index (κ3) is 6.60. The first kappa shape index (κ1) is 22.9. The summed E-state index contributed by atoms with van der Waals surface area (Å²) in [6.45, 7) is 8.51. The largest absolute Gasteiger partial charge is 0.484 e. The van der Waals surface area contributed by atoms with Gasteiger partial charge in [-0.05, 0) is 56.0 Å². The molecule has 0 aliphatic rings. The summed E-state index contributed by atoms with van der Waals surface area (Å²) in [5.41, 5.74) is 3.05. The van der Waals surface area contributed by atoms with Crippen molar-refractivity contribution in [1.29, 1.82) is 0 Å². The molecule has 2 aromatic carbocycles. The molecule has 2 rings (SSSR count). The van der Waals surface area contributed by atoms with E-state index >= 15 is 0 Å². The van der Waals surface area contributed by atoms with Gasteiger partial charge in [-0.1, -0.05) is 53.2 Å². The molecule has 0 aliphatic heterocycles. The van der Waals surface area contributed by atoms with Crippen LogP contribution in [0, 0.1) is 13.8 Å². The van der Waals surface area contributed by atoms with Gasteiger partial charge in [-0.2, -0.15) is 0 Å². The lowest BCUT2D eigenvalue weighted by Crippen LogP contribution is -2.49. The van der Waals surface area contributed by atoms with Gasteiger partial charge in [0.25, 0.3) is 5.91 Å². The van der Waals surface area contributed by atoms with Crippen molar-refractivity contribution in [2.75, 3.05) is 13.2 Å². The molecule has 0 aromatic heterocycles. The van der Waals surface area contributed by atoms with Crippen molar-refractivity contribution in [3.8, 4) is 5.75 Å². The lowest BCUT2D eigenvalue weighted by Gasteiger charge is -2.28. The molecule has 1 N–H and O–H groups in total. The summed E-state index contributed by atoms with van der Waals surface area (Å²) in [6.07, 6.45) is 0.844. The molecule has 0 aliphatic carbocycles. The molecule has 1 atom stereocenters. The number of aryl methyl sites for hydroxylation is 2. The summed E-state index contributed by atoms with van der Waals surface area (Å²) in [6, 6.07) is 12.8. The highest BCUT2D eigenvalue weighted by atomic mass is 79.9. The van der Waals surface area contributed by atoms with Gasteiger partial charge in [0, 0.05) is 17.6 Å². The second kappa shape index (κ2) is 11.0. The number of rotatable bonds is 9. The van der Waals surface area contributed by atoms with Crippen LogP contribution in [-0.2, 0) is 16.1 Å². The van der Waals surface area contributed by atoms with Gasteiger partial charge in [-0.25, -0.2) is 0 Å². The normalized spacial score (nSPS) is 11.6. The minimum atomic E-state index is -0.591. The first-order valence-electron chi connectivity index (χ1n) is 9.84. The van der Waals surface area contributed by atoms with Crippen molar-refractivity contribution in [3.63, 3.8) is 0 Å². The van der Waals surface area contributed by atoms with E-state index in [0.29, 0.717) is 18.8 Å². The van der Waals surface area contributed by atoms with Crippen molar-refractivity contribution in [3.05, 3.63) is 63.6 Å². The first-order chi connectivity index (χ1) is 13.8. The summed E-state index contributed by atoms with van der Waals surface area (Å²) in [4.78, 5) is 27.0. The number of nitrogens with zero attached hydrogens (tertiary/aromatic N) is 1. The van der Waals surface area contributed by atoms with E-state index in [9.17, 15) is 9.59 Å². The summed E-state index contributed by atoms with van der Waals surface area (Å²) in [5, 5.41) is 2.87. The standard InChI is InChI=1S/C23H29BrN2O3/c1-5-11-25-23(28)18(4)26(14-19-9-7-6-8-10-19)21(27)15-29-20-12-16(2)22(24)17(3)13-20/h6-10,12-13,18H,5,11,14-15H2,1-4H3,(H,25,28)/t18-/m1/s1. The molecule has 0 spiro atoms. The van der Waals surface area contributed by atoms with Crippen LogP contribution in [0.2, 0.25) is 0 Å². The predicted octanol–water partition coefficient (Wildman–Crippen LogP) is 4.39. The van der Waals surface area contributed by atoms with Crippen molar-refractivity contribution < 1.29 is 14.3 Å². The Morgan fingerprint density at radius 3 is 2.34 bits per heavy atom. The van der Waals surface area contributed by atoms with E-state index in [1.165, 1.54) is 0 Å². The Morgan fingerprint density at radius 2 is 1.76 bits per heavy atom. The van der Waals surface area contributed by atoms with E-state index in [1.54, 1.807) is 11.8 Å². The van der Waals surface area contributed by atoms with Gasteiger partial charge < -0.3 is 15.0 Å². The summed E-state index contributed by atoms with van der Waals surface area (Å²) >= 11 is 3.53. The topological polar surface area (TPSA) is 58.6 Å². The minimum Gasteiger partial charge on any atom is -0.484 e. The molecule has 2 aromatic rings. The molecule has 0 radical (unpaired) electrons. The highest BCUT2D eigenvalue weighted by molar-refractivity contribution is 9.10. The minimum absolute atomic E-state index is 0.126. The Bertz CT molecular complexity index is 816. The fourth-order valence-corrected chi connectivity index (χ4v) is 3.21. The Balaban J connectivity index is 2.13. The van der Waals surface area contributed by atoms with Crippen LogP contribution in [0.4, 0.5) is 0 Å². The maximum atomic E-state index is 13.0. The Kier molecular flexibility index (Phi) is 8.70. The second-order valence-electron chi connectivity index (χ2n) is 7.13. The number of hydrogen-bond donors (Lipinski definition) is 1. The third-order valence-electron chi connectivity index (χ3n) is 4.68.